The first kappa shape index (κ1) is 14.2. The van der Waals surface area contributed by atoms with Gasteiger partial charge in [0.15, 0.2) is 5.11 Å². The van der Waals surface area contributed by atoms with Crippen molar-refractivity contribution in [3.8, 4) is 0 Å². The zero-order chi connectivity index (χ0) is 14.0. The fourth-order valence-electron chi connectivity index (χ4n) is 1.85. The van der Waals surface area contributed by atoms with E-state index in [1.807, 2.05) is 6.26 Å². The Morgan fingerprint density at radius 1 is 1.47 bits per heavy atom. The number of hydrogen-bond donors (Lipinski definition) is 1. The van der Waals surface area contributed by atoms with Crippen LogP contribution < -0.4 is 10.2 Å². The molecule has 2 rings (SSSR count). The molecule has 7 heteroatoms. The Hall–Kier alpha value is -1.21. The highest BCUT2D eigenvalue weighted by atomic mass is 32.2. The molecule has 1 aromatic carbocycles. The summed E-state index contributed by atoms with van der Waals surface area (Å²) in [6, 6.07) is 2.61. The van der Waals surface area contributed by atoms with Crippen LogP contribution in [0.3, 0.4) is 0 Å². The number of rotatable bonds is 4. The Bertz CT molecular complexity index is 524. The smallest absolute Gasteiger partial charge is 0.255 e. The number of benzene rings is 1. The molecule has 1 fully saturated rings. The van der Waals surface area contributed by atoms with Gasteiger partial charge in [0.25, 0.3) is 5.91 Å². The zero-order valence-electron chi connectivity index (χ0n) is 10.2. The van der Waals surface area contributed by atoms with E-state index in [1.54, 1.807) is 11.8 Å². The van der Waals surface area contributed by atoms with Crippen molar-refractivity contribution in [1.29, 1.82) is 0 Å². The van der Waals surface area contributed by atoms with Crippen molar-refractivity contribution in [3.05, 3.63) is 29.8 Å². The van der Waals surface area contributed by atoms with Crippen LogP contribution in [0.4, 0.5) is 14.5 Å². The molecule has 0 bridgehead atoms. The highest BCUT2D eigenvalue weighted by Gasteiger charge is 2.37. The van der Waals surface area contributed by atoms with Crippen LogP contribution in [-0.2, 0) is 4.79 Å². The summed E-state index contributed by atoms with van der Waals surface area (Å²) in [6.07, 6.45) is 2.55. The average Bonchev–Trinajstić information content (AvgIpc) is 2.63. The second-order valence-electron chi connectivity index (χ2n) is 4.05. The maximum Gasteiger partial charge on any atom is 0.255 e. The molecule has 1 atom stereocenters. The van der Waals surface area contributed by atoms with Gasteiger partial charge in [0, 0.05) is 6.07 Å². The van der Waals surface area contributed by atoms with Crippen LogP contribution in [0.5, 0.6) is 0 Å². The maximum atomic E-state index is 13.7. The molecule has 1 heterocycles. The lowest BCUT2D eigenvalue weighted by molar-refractivity contribution is -0.118. The Morgan fingerprint density at radius 2 is 2.21 bits per heavy atom. The topological polar surface area (TPSA) is 32.3 Å². The number of hydrogen-bond acceptors (Lipinski definition) is 3. The Balaban J connectivity index is 2.25. The van der Waals surface area contributed by atoms with E-state index in [1.165, 1.54) is 6.07 Å². The minimum atomic E-state index is -0.803. The number of carbonyl (C=O) groups is 1. The van der Waals surface area contributed by atoms with Gasteiger partial charge in [-0.2, -0.15) is 11.8 Å². The molecule has 0 unspecified atom stereocenters. The molecule has 0 spiro atoms. The van der Waals surface area contributed by atoms with Crippen molar-refractivity contribution >= 4 is 40.7 Å². The molecule has 102 valence electrons. The highest BCUT2D eigenvalue weighted by Crippen LogP contribution is 2.25. The van der Waals surface area contributed by atoms with Gasteiger partial charge in [-0.3, -0.25) is 9.69 Å². The van der Waals surface area contributed by atoms with Crippen LogP contribution in [0.15, 0.2) is 18.2 Å². The van der Waals surface area contributed by atoms with Gasteiger partial charge in [0.05, 0.1) is 5.69 Å². The molecule has 1 aliphatic heterocycles. The van der Waals surface area contributed by atoms with E-state index in [0.29, 0.717) is 6.42 Å². The van der Waals surface area contributed by atoms with Gasteiger partial charge in [0.2, 0.25) is 0 Å². The first-order chi connectivity index (χ1) is 9.04. The molecule has 1 aromatic rings. The summed E-state index contributed by atoms with van der Waals surface area (Å²) in [5.41, 5.74) is -0.0180. The number of thioether (sulfide) groups is 1. The third kappa shape index (κ3) is 2.87. The lowest BCUT2D eigenvalue weighted by Gasteiger charge is -2.15. The van der Waals surface area contributed by atoms with Gasteiger partial charge in [-0.15, -0.1) is 0 Å². The van der Waals surface area contributed by atoms with Gasteiger partial charge >= 0.3 is 0 Å². The van der Waals surface area contributed by atoms with Crippen molar-refractivity contribution in [3.63, 3.8) is 0 Å². The van der Waals surface area contributed by atoms with Crippen molar-refractivity contribution < 1.29 is 13.6 Å². The molecular weight excluding hydrogens is 290 g/mol. The van der Waals surface area contributed by atoms with Crippen LogP contribution in [0.25, 0.3) is 0 Å². The normalized spacial score (nSPS) is 18.9. The molecule has 1 N–H and O–H groups in total. The van der Waals surface area contributed by atoms with Crippen LogP contribution in [-0.4, -0.2) is 29.1 Å². The maximum absolute atomic E-state index is 13.7. The molecule has 19 heavy (non-hydrogen) atoms. The molecule has 1 aliphatic rings. The third-order valence-corrected chi connectivity index (χ3v) is 3.72. The van der Waals surface area contributed by atoms with E-state index in [2.05, 4.69) is 5.32 Å². The Morgan fingerprint density at radius 3 is 2.84 bits per heavy atom. The number of anilines is 1. The Labute approximate surface area is 119 Å². The second kappa shape index (κ2) is 5.83. The van der Waals surface area contributed by atoms with E-state index in [-0.39, 0.29) is 16.7 Å². The van der Waals surface area contributed by atoms with Gasteiger partial charge in [-0.25, -0.2) is 8.78 Å². The minimum Gasteiger partial charge on any atom is -0.350 e. The van der Waals surface area contributed by atoms with Crippen LogP contribution in [0, 0.1) is 11.6 Å². The molecule has 1 amide bonds. The third-order valence-electron chi connectivity index (χ3n) is 2.78. The van der Waals surface area contributed by atoms with E-state index in [9.17, 15) is 13.6 Å². The summed E-state index contributed by atoms with van der Waals surface area (Å²) >= 11 is 6.66. The zero-order valence-corrected chi connectivity index (χ0v) is 11.8. The van der Waals surface area contributed by atoms with Crippen LogP contribution >= 0.6 is 24.0 Å². The van der Waals surface area contributed by atoms with E-state index in [4.69, 9.17) is 12.2 Å². The second-order valence-corrected chi connectivity index (χ2v) is 5.43. The van der Waals surface area contributed by atoms with Crippen LogP contribution in [0.2, 0.25) is 0 Å². The molecule has 3 nitrogen and oxygen atoms in total. The van der Waals surface area contributed by atoms with Gasteiger partial charge < -0.3 is 5.32 Å². The summed E-state index contributed by atoms with van der Waals surface area (Å²) in [6.45, 7) is 0. The van der Waals surface area contributed by atoms with Gasteiger partial charge in [-0.1, -0.05) is 0 Å². The SMILES string of the molecule is CSCC[C@@H]1NC(=S)N(c2ccc(F)cc2F)C1=O. The predicted molar refractivity (Wildman–Crippen MR) is 76.4 cm³/mol. The lowest BCUT2D eigenvalue weighted by atomic mass is 10.2. The lowest BCUT2D eigenvalue weighted by Crippen LogP contribution is -2.32. The molecular formula is C12H12F2N2OS2. The number of amides is 1. The predicted octanol–water partition coefficient (Wildman–Crippen LogP) is 2.31. The van der Waals surface area contributed by atoms with Gasteiger partial charge in [-0.05, 0) is 42.8 Å². The van der Waals surface area contributed by atoms with Crippen molar-refractivity contribution in [2.45, 2.75) is 12.5 Å². The number of carbonyl (C=O) groups excluding carboxylic acids is 1. The quantitative estimate of drug-likeness (QED) is 0.865. The fourth-order valence-corrected chi connectivity index (χ4v) is 2.66. The number of halogens is 2. The molecule has 0 radical (unpaired) electrons. The van der Waals surface area contributed by atoms with Crippen molar-refractivity contribution in [2.75, 3.05) is 16.9 Å². The standard InChI is InChI=1S/C12H12F2N2OS2/c1-19-5-4-9-11(17)16(12(18)15-9)10-3-2-7(13)6-8(10)14/h2-3,6,9H,4-5H2,1H3,(H,15,18)/t9-/m0/s1. The molecule has 0 aliphatic carbocycles. The largest absolute Gasteiger partial charge is 0.350 e. The highest BCUT2D eigenvalue weighted by molar-refractivity contribution is 7.98. The first-order valence-corrected chi connectivity index (χ1v) is 7.43. The van der Waals surface area contributed by atoms with E-state index >= 15 is 0 Å². The summed E-state index contributed by atoms with van der Waals surface area (Å²) in [5, 5.41) is 3.02. The first-order valence-electron chi connectivity index (χ1n) is 5.63. The summed E-state index contributed by atoms with van der Waals surface area (Å²) < 4.78 is 26.6. The fraction of sp³-hybridized carbons (Fsp3) is 0.333. The summed E-state index contributed by atoms with van der Waals surface area (Å²) in [7, 11) is 0. The molecule has 0 saturated carbocycles. The van der Waals surface area contributed by atoms with E-state index in [0.717, 1.165) is 22.8 Å². The number of nitrogens with zero attached hydrogens (tertiary/aromatic N) is 1. The summed E-state index contributed by atoms with van der Waals surface area (Å²) in [4.78, 5) is 13.3. The Kier molecular flexibility index (Phi) is 4.36. The molecule has 0 aromatic heterocycles. The van der Waals surface area contributed by atoms with Gasteiger partial charge in [0.1, 0.15) is 17.7 Å². The monoisotopic (exact) mass is 302 g/mol. The number of nitrogens with one attached hydrogen (secondary N) is 1. The minimum absolute atomic E-state index is 0.0180. The number of thiocarbonyl (C=S) groups is 1. The van der Waals surface area contributed by atoms with Crippen molar-refractivity contribution in [1.82, 2.24) is 5.32 Å². The van der Waals surface area contributed by atoms with Crippen LogP contribution in [0.1, 0.15) is 6.42 Å². The summed E-state index contributed by atoms with van der Waals surface area (Å²) in [5.74, 6) is -0.996. The molecule has 1 saturated heterocycles. The van der Waals surface area contributed by atoms with Crippen molar-refractivity contribution in [2.24, 2.45) is 0 Å². The van der Waals surface area contributed by atoms with E-state index < -0.39 is 17.7 Å². The average molecular weight is 302 g/mol.